The van der Waals surface area contributed by atoms with Gasteiger partial charge in [-0.15, -0.1) is 0 Å². The van der Waals surface area contributed by atoms with E-state index in [2.05, 4.69) is 21.7 Å². The zero-order valence-electron chi connectivity index (χ0n) is 14.5. The molecule has 0 radical (unpaired) electrons. The van der Waals surface area contributed by atoms with Crippen molar-refractivity contribution in [1.82, 2.24) is 10.6 Å². The average molecular weight is 340 g/mol. The maximum Gasteiger partial charge on any atom is 0.248 e. The van der Waals surface area contributed by atoms with Crippen molar-refractivity contribution in [2.45, 2.75) is 19.8 Å². The van der Waals surface area contributed by atoms with E-state index in [0.29, 0.717) is 12.5 Å². The van der Waals surface area contributed by atoms with Crippen molar-refractivity contribution in [2.75, 3.05) is 31.1 Å². The molecule has 1 aromatic heterocycles. The Bertz CT molecular complexity index is 725. The second kappa shape index (κ2) is 8.37. The zero-order chi connectivity index (χ0) is 17.5. The van der Waals surface area contributed by atoms with Crippen LogP contribution in [0.5, 0.6) is 0 Å². The van der Waals surface area contributed by atoms with Gasteiger partial charge in [0.15, 0.2) is 5.96 Å². The van der Waals surface area contributed by atoms with Crippen LogP contribution in [0.1, 0.15) is 18.2 Å². The number of nitrogens with one attached hydrogen (secondary N) is 2. The van der Waals surface area contributed by atoms with Crippen LogP contribution in [-0.2, 0) is 17.6 Å². The molecule has 2 aromatic rings. The number of rotatable bonds is 6. The van der Waals surface area contributed by atoms with Crippen LogP contribution >= 0.6 is 0 Å². The number of furan rings is 1. The predicted octanol–water partition coefficient (Wildman–Crippen LogP) is 1.97. The molecule has 0 saturated heterocycles. The topological polar surface area (TPSA) is 69.9 Å². The molecule has 6 heteroatoms. The third kappa shape index (κ3) is 4.41. The lowest BCUT2D eigenvalue weighted by Crippen LogP contribution is -2.39. The van der Waals surface area contributed by atoms with Crippen molar-refractivity contribution < 1.29 is 9.21 Å². The second-order valence-corrected chi connectivity index (χ2v) is 5.88. The van der Waals surface area contributed by atoms with Crippen molar-refractivity contribution in [2.24, 2.45) is 4.99 Å². The first-order valence-corrected chi connectivity index (χ1v) is 8.70. The highest BCUT2D eigenvalue weighted by Gasteiger charge is 2.23. The summed E-state index contributed by atoms with van der Waals surface area (Å²) in [6.45, 7) is 4.30. The minimum atomic E-state index is 0.0215. The molecular weight excluding hydrogens is 316 g/mol. The van der Waals surface area contributed by atoms with Gasteiger partial charge in [-0.3, -0.25) is 4.79 Å². The first-order valence-electron chi connectivity index (χ1n) is 8.70. The standard InChI is InChI=1S/C19H24N4O2/c1-2-20-19(21-11-9-16-7-5-13-25-16)22-14-18(24)23-12-10-15-6-3-4-8-17(15)23/h3-8,13H,2,9-12,14H2,1H3,(H2,20,21,22). The molecule has 1 aliphatic heterocycles. The van der Waals surface area contributed by atoms with Gasteiger partial charge in [-0.1, -0.05) is 18.2 Å². The highest BCUT2D eigenvalue weighted by molar-refractivity contribution is 5.98. The van der Waals surface area contributed by atoms with E-state index < -0.39 is 0 Å². The molecule has 2 N–H and O–H groups in total. The number of para-hydroxylation sites is 1. The van der Waals surface area contributed by atoms with Gasteiger partial charge in [0.2, 0.25) is 5.91 Å². The highest BCUT2D eigenvalue weighted by atomic mass is 16.3. The van der Waals surface area contributed by atoms with Gasteiger partial charge in [-0.2, -0.15) is 0 Å². The molecule has 0 aliphatic carbocycles. The van der Waals surface area contributed by atoms with E-state index in [1.807, 2.05) is 42.2 Å². The number of amides is 1. The third-order valence-corrected chi connectivity index (χ3v) is 4.15. The number of fused-ring (bicyclic) bond motifs is 1. The number of guanidine groups is 1. The number of aliphatic imine (C=N–C) groups is 1. The molecule has 0 saturated carbocycles. The monoisotopic (exact) mass is 340 g/mol. The number of benzene rings is 1. The first-order chi connectivity index (χ1) is 12.3. The fraction of sp³-hybridized carbons (Fsp3) is 0.368. The maximum atomic E-state index is 12.5. The molecule has 1 aliphatic rings. The Morgan fingerprint density at radius 1 is 1.24 bits per heavy atom. The molecule has 1 amide bonds. The minimum absolute atomic E-state index is 0.0215. The lowest BCUT2D eigenvalue weighted by molar-refractivity contribution is -0.117. The van der Waals surface area contributed by atoms with Gasteiger partial charge in [-0.05, 0) is 37.1 Å². The molecule has 3 rings (SSSR count). The number of hydrogen-bond acceptors (Lipinski definition) is 3. The van der Waals surface area contributed by atoms with Gasteiger partial charge in [0.1, 0.15) is 12.3 Å². The van der Waals surface area contributed by atoms with Crippen LogP contribution in [0.15, 0.2) is 52.1 Å². The van der Waals surface area contributed by atoms with Gasteiger partial charge in [0.25, 0.3) is 0 Å². The predicted molar refractivity (Wildman–Crippen MR) is 98.9 cm³/mol. The third-order valence-electron chi connectivity index (χ3n) is 4.15. The van der Waals surface area contributed by atoms with Gasteiger partial charge < -0.3 is 20.0 Å². The smallest absolute Gasteiger partial charge is 0.248 e. The number of anilines is 1. The zero-order valence-corrected chi connectivity index (χ0v) is 14.5. The molecule has 1 aromatic carbocycles. The van der Waals surface area contributed by atoms with Crippen molar-refractivity contribution in [3.05, 3.63) is 54.0 Å². The van der Waals surface area contributed by atoms with Crippen molar-refractivity contribution >= 4 is 17.6 Å². The maximum absolute atomic E-state index is 12.5. The molecule has 0 unspecified atom stereocenters. The molecule has 6 nitrogen and oxygen atoms in total. The van der Waals surface area contributed by atoms with Crippen molar-refractivity contribution in [3.63, 3.8) is 0 Å². The molecule has 0 fully saturated rings. The van der Waals surface area contributed by atoms with Gasteiger partial charge >= 0.3 is 0 Å². The Labute approximate surface area is 147 Å². The van der Waals surface area contributed by atoms with Crippen LogP contribution in [-0.4, -0.2) is 38.0 Å². The summed E-state index contributed by atoms with van der Waals surface area (Å²) >= 11 is 0. The van der Waals surface area contributed by atoms with Crippen LogP contribution in [0.3, 0.4) is 0 Å². The summed E-state index contributed by atoms with van der Waals surface area (Å²) in [5.74, 6) is 1.59. The van der Waals surface area contributed by atoms with Crippen LogP contribution in [0.25, 0.3) is 0 Å². The summed E-state index contributed by atoms with van der Waals surface area (Å²) in [7, 11) is 0. The number of carbonyl (C=O) groups excluding carboxylic acids is 1. The number of carbonyl (C=O) groups is 1. The van der Waals surface area contributed by atoms with Crippen molar-refractivity contribution in [3.8, 4) is 0 Å². The summed E-state index contributed by atoms with van der Waals surface area (Å²) in [6.07, 6.45) is 3.35. The van der Waals surface area contributed by atoms with Gasteiger partial charge in [-0.25, -0.2) is 4.99 Å². The quantitative estimate of drug-likeness (QED) is 0.623. The lowest BCUT2D eigenvalue weighted by atomic mass is 10.2. The van der Waals surface area contributed by atoms with E-state index in [-0.39, 0.29) is 12.5 Å². The van der Waals surface area contributed by atoms with Crippen LogP contribution in [0, 0.1) is 0 Å². The molecule has 2 heterocycles. The van der Waals surface area contributed by atoms with Crippen LogP contribution in [0.4, 0.5) is 5.69 Å². The Morgan fingerprint density at radius 2 is 2.12 bits per heavy atom. The number of hydrogen-bond donors (Lipinski definition) is 2. The molecule has 0 bridgehead atoms. The van der Waals surface area contributed by atoms with Crippen LogP contribution < -0.4 is 15.5 Å². The van der Waals surface area contributed by atoms with E-state index in [0.717, 1.165) is 37.4 Å². The highest BCUT2D eigenvalue weighted by Crippen LogP contribution is 2.27. The minimum Gasteiger partial charge on any atom is -0.469 e. The van der Waals surface area contributed by atoms with Gasteiger partial charge in [0, 0.05) is 31.7 Å². The van der Waals surface area contributed by atoms with E-state index in [1.54, 1.807) is 6.26 Å². The number of nitrogens with zero attached hydrogens (tertiary/aromatic N) is 2. The largest absolute Gasteiger partial charge is 0.469 e. The Kier molecular flexibility index (Phi) is 5.72. The molecule has 0 spiro atoms. The Balaban J connectivity index is 1.55. The lowest BCUT2D eigenvalue weighted by Gasteiger charge is -2.17. The molecule has 0 atom stereocenters. The summed E-state index contributed by atoms with van der Waals surface area (Å²) in [4.78, 5) is 18.8. The van der Waals surface area contributed by atoms with Crippen LogP contribution in [0.2, 0.25) is 0 Å². The Hall–Kier alpha value is -2.76. The molecular formula is C19H24N4O2. The van der Waals surface area contributed by atoms with E-state index >= 15 is 0 Å². The average Bonchev–Trinajstić information content (AvgIpc) is 3.29. The Morgan fingerprint density at radius 3 is 2.92 bits per heavy atom. The van der Waals surface area contributed by atoms with Gasteiger partial charge in [0.05, 0.1) is 6.26 Å². The first kappa shape index (κ1) is 17.1. The van der Waals surface area contributed by atoms with E-state index in [9.17, 15) is 4.79 Å². The van der Waals surface area contributed by atoms with Crippen molar-refractivity contribution in [1.29, 1.82) is 0 Å². The summed E-state index contributed by atoms with van der Waals surface area (Å²) in [6, 6.07) is 11.9. The fourth-order valence-electron chi connectivity index (χ4n) is 2.93. The second-order valence-electron chi connectivity index (χ2n) is 5.88. The van der Waals surface area contributed by atoms with E-state index in [4.69, 9.17) is 4.42 Å². The molecule has 25 heavy (non-hydrogen) atoms. The summed E-state index contributed by atoms with van der Waals surface area (Å²) < 4.78 is 5.31. The van der Waals surface area contributed by atoms with E-state index in [1.165, 1.54) is 5.56 Å². The molecule has 132 valence electrons. The summed E-state index contributed by atoms with van der Waals surface area (Å²) in [5, 5.41) is 6.40. The normalized spacial score (nSPS) is 13.6. The SMILES string of the molecule is CCNC(=NCC(=O)N1CCc2ccccc21)NCCc1ccco1. The summed E-state index contributed by atoms with van der Waals surface area (Å²) in [5.41, 5.74) is 2.24. The fourth-order valence-corrected chi connectivity index (χ4v) is 2.93.